The van der Waals surface area contributed by atoms with Crippen LogP contribution >= 0.6 is 0 Å². The normalized spacial score (nSPS) is 16.3. The quantitative estimate of drug-likeness (QED) is 0.917. The molecule has 1 aromatic rings. The number of benzene rings is 1. The molecule has 2 rings (SSSR count). The highest BCUT2D eigenvalue weighted by atomic mass is 16.2. The van der Waals surface area contributed by atoms with E-state index in [1.165, 1.54) is 0 Å². The van der Waals surface area contributed by atoms with Gasteiger partial charge in [0.25, 0.3) is 0 Å². The van der Waals surface area contributed by atoms with Gasteiger partial charge in [0.2, 0.25) is 0 Å². The number of hydrogen-bond acceptors (Lipinski definition) is 3. The zero-order valence-corrected chi connectivity index (χ0v) is 13.3. The molecular weight excluding hydrogens is 264 g/mol. The van der Waals surface area contributed by atoms with Gasteiger partial charge in [-0.3, -0.25) is 4.90 Å². The molecule has 1 aliphatic rings. The van der Waals surface area contributed by atoms with Gasteiger partial charge in [0.15, 0.2) is 0 Å². The Labute approximate surface area is 127 Å². The maximum Gasteiger partial charge on any atom is 0.321 e. The second-order valence-electron chi connectivity index (χ2n) is 5.93. The summed E-state index contributed by atoms with van der Waals surface area (Å²) in [5.74, 6) is 0. The highest BCUT2D eigenvalue weighted by Crippen LogP contribution is 2.11. The first-order valence-electron chi connectivity index (χ1n) is 7.54. The monoisotopic (exact) mass is 290 g/mol. The number of anilines is 1. The lowest BCUT2D eigenvalue weighted by Gasteiger charge is -2.35. The van der Waals surface area contributed by atoms with E-state index in [0.29, 0.717) is 0 Å². The Morgan fingerprint density at radius 3 is 2.57 bits per heavy atom. The fourth-order valence-corrected chi connectivity index (χ4v) is 2.44. The van der Waals surface area contributed by atoms with Crippen molar-refractivity contribution in [2.24, 2.45) is 0 Å². The van der Waals surface area contributed by atoms with E-state index < -0.39 is 0 Å². The Morgan fingerprint density at radius 2 is 1.95 bits per heavy atom. The predicted molar refractivity (Wildman–Crippen MR) is 86.8 cm³/mol. The Kier molecular flexibility index (Phi) is 5.59. The molecule has 1 heterocycles. The number of aryl methyl sites for hydroxylation is 1. The molecule has 116 valence electrons. The van der Waals surface area contributed by atoms with Crippen LogP contribution in [0, 0.1) is 6.92 Å². The molecule has 0 aliphatic carbocycles. The van der Waals surface area contributed by atoms with Crippen LogP contribution in [-0.2, 0) is 0 Å². The smallest absolute Gasteiger partial charge is 0.321 e. The first kappa shape index (κ1) is 15.8. The molecule has 5 heteroatoms. The van der Waals surface area contributed by atoms with Crippen molar-refractivity contribution in [1.29, 1.82) is 0 Å². The summed E-state index contributed by atoms with van der Waals surface area (Å²) < 4.78 is 0. The number of rotatable bonds is 4. The second-order valence-corrected chi connectivity index (χ2v) is 5.93. The number of nitrogens with one attached hydrogen (secondary N) is 1. The zero-order valence-electron chi connectivity index (χ0n) is 13.3. The molecule has 0 atom stereocenters. The fraction of sp³-hybridized carbons (Fsp3) is 0.562. The largest absolute Gasteiger partial charge is 0.322 e. The summed E-state index contributed by atoms with van der Waals surface area (Å²) in [6.45, 7) is 7.66. The zero-order chi connectivity index (χ0) is 15.2. The minimum Gasteiger partial charge on any atom is -0.322 e. The number of nitrogens with zero attached hydrogens (tertiary/aromatic N) is 3. The molecule has 1 aliphatic heterocycles. The van der Waals surface area contributed by atoms with Crippen LogP contribution in [0.25, 0.3) is 0 Å². The summed E-state index contributed by atoms with van der Waals surface area (Å²) in [6.07, 6.45) is 0. The predicted octanol–water partition coefficient (Wildman–Crippen LogP) is 1.71. The molecule has 1 saturated heterocycles. The standard InChI is InChI=1S/C16H26N4O/c1-14-5-4-6-15(13-14)17-16(21)20-11-9-19(10-12-20)8-7-18(2)3/h4-6,13H,7-12H2,1-3H3,(H,17,21). The van der Waals surface area contributed by atoms with Gasteiger partial charge in [-0.1, -0.05) is 12.1 Å². The number of likely N-dealkylation sites (N-methyl/N-ethyl adjacent to an activating group) is 1. The van der Waals surface area contributed by atoms with Crippen molar-refractivity contribution in [2.45, 2.75) is 6.92 Å². The Bertz CT molecular complexity index is 467. The third-order valence-corrected chi connectivity index (χ3v) is 3.79. The lowest BCUT2D eigenvalue weighted by Crippen LogP contribution is -2.51. The van der Waals surface area contributed by atoms with Crippen LogP contribution in [-0.4, -0.2) is 74.1 Å². The van der Waals surface area contributed by atoms with Crippen LogP contribution in [0.3, 0.4) is 0 Å². The SMILES string of the molecule is Cc1cccc(NC(=O)N2CCN(CCN(C)C)CC2)c1. The molecule has 1 N–H and O–H groups in total. The molecule has 0 bridgehead atoms. The van der Waals surface area contributed by atoms with E-state index >= 15 is 0 Å². The first-order chi connectivity index (χ1) is 10.0. The fourth-order valence-electron chi connectivity index (χ4n) is 2.44. The van der Waals surface area contributed by atoms with Crippen LogP contribution in [0.4, 0.5) is 10.5 Å². The van der Waals surface area contributed by atoms with Gasteiger partial charge in [0.05, 0.1) is 0 Å². The average Bonchev–Trinajstić information content (AvgIpc) is 2.45. The van der Waals surface area contributed by atoms with Crippen molar-refractivity contribution >= 4 is 11.7 Å². The molecule has 0 spiro atoms. The van der Waals surface area contributed by atoms with Gasteiger partial charge in [-0.2, -0.15) is 0 Å². The van der Waals surface area contributed by atoms with E-state index in [0.717, 1.165) is 50.5 Å². The molecule has 0 unspecified atom stereocenters. The first-order valence-corrected chi connectivity index (χ1v) is 7.54. The molecule has 1 aromatic carbocycles. The summed E-state index contributed by atoms with van der Waals surface area (Å²) in [7, 11) is 4.18. The van der Waals surface area contributed by atoms with E-state index in [9.17, 15) is 4.79 Å². The number of urea groups is 1. The van der Waals surface area contributed by atoms with Crippen LogP contribution in [0.15, 0.2) is 24.3 Å². The van der Waals surface area contributed by atoms with Gasteiger partial charge in [0.1, 0.15) is 0 Å². The lowest BCUT2D eigenvalue weighted by molar-refractivity contribution is 0.140. The highest BCUT2D eigenvalue weighted by molar-refractivity contribution is 5.89. The third-order valence-electron chi connectivity index (χ3n) is 3.79. The van der Waals surface area contributed by atoms with E-state index in [2.05, 4.69) is 29.2 Å². The Balaban J connectivity index is 1.78. The van der Waals surface area contributed by atoms with Gasteiger partial charge in [-0.25, -0.2) is 4.79 Å². The molecule has 0 saturated carbocycles. The molecule has 5 nitrogen and oxygen atoms in total. The third kappa shape index (κ3) is 5.02. The molecule has 21 heavy (non-hydrogen) atoms. The van der Waals surface area contributed by atoms with Gasteiger partial charge in [0, 0.05) is 45.0 Å². The van der Waals surface area contributed by atoms with Crippen LogP contribution < -0.4 is 5.32 Å². The number of carbonyl (C=O) groups is 1. The molecule has 2 amide bonds. The van der Waals surface area contributed by atoms with Crippen molar-refractivity contribution in [1.82, 2.24) is 14.7 Å². The van der Waals surface area contributed by atoms with E-state index in [1.807, 2.05) is 36.1 Å². The minimum absolute atomic E-state index is 0.00728. The van der Waals surface area contributed by atoms with E-state index in [4.69, 9.17) is 0 Å². The van der Waals surface area contributed by atoms with Crippen molar-refractivity contribution in [2.75, 3.05) is 58.7 Å². The van der Waals surface area contributed by atoms with Gasteiger partial charge in [-0.05, 0) is 38.7 Å². The van der Waals surface area contributed by atoms with Gasteiger partial charge in [-0.15, -0.1) is 0 Å². The molecule has 1 fully saturated rings. The number of piperazine rings is 1. The second kappa shape index (κ2) is 7.43. The summed E-state index contributed by atoms with van der Waals surface area (Å²) in [4.78, 5) is 18.7. The van der Waals surface area contributed by atoms with Crippen molar-refractivity contribution in [3.8, 4) is 0 Å². The van der Waals surface area contributed by atoms with Crippen molar-refractivity contribution in [3.63, 3.8) is 0 Å². The van der Waals surface area contributed by atoms with Gasteiger partial charge < -0.3 is 15.1 Å². The average molecular weight is 290 g/mol. The summed E-state index contributed by atoms with van der Waals surface area (Å²) >= 11 is 0. The van der Waals surface area contributed by atoms with Gasteiger partial charge >= 0.3 is 6.03 Å². The Morgan fingerprint density at radius 1 is 1.24 bits per heavy atom. The van der Waals surface area contributed by atoms with Crippen LogP contribution in [0.5, 0.6) is 0 Å². The van der Waals surface area contributed by atoms with Crippen molar-refractivity contribution < 1.29 is 4.79 Å². The maximum atomic E-state index is 12.2. The number of hydrogen-bond donors (Lipinski definition) is 1. The summed E-state index contributed by atoms with van der Waals surface area (Å²) in [5, 5.41) is 2.98. The Hall–Kier alpha value is -1.59. The highest BCUT2D eigenvalue weighted by Gasteiger charge is 2.20. The summed E-state index contributed by atoms with van der Waals surface area (Å²) in [6, 6.07) is 7.92. The topological polar surface area (TPSA) is 38.8 Å². The molecule has 0 aromatic heterocycles. The van der Waals surface area contributed by atoms with E-state index in [-0.39, 0.29) is 6.03 Å². The lowest BCUT2D eigenvalue weighted by atomic mass is 10.2. The number of amides is 2. The maximum absolute atomic E-state index is 12.2. The number of carbonyl (C=O) groups excluding carboxylic acids is 1. The van der Waals surface area contributed by atoms with Crippen molar-refractivity contribution in [3.05, 3.63) is 29.8 Å². The van der Waals surface area contributed by atoms with E-state index in [1.54, 1.807) is 0 Å². The van der Waals surface area contributed by atoms with Crippen LogP contribution in [0.1, 0.15) is 5.56 Å². The summed E-state index contributed by atoms with van der Waals surface area (Å²) in [5.41, 5.74) is 2.02. The minimum atomic E-state index is 0.00728. The molecular formula is C16H26N4O. The molecule has 0 radical (unpaired) electrons. The van der Waals surface area contributed by atoms with Crippen LogP contribution in [0.2, 0.25) is 0 Å².